The topological polar surface area (TPSA) is 65.8 Å². The SMILES string of the molecule is CC(N1CN([C@@H]2c3ccc(Br)cc3CSc3ccccc32)n2ccc(=O)c(O)c2C1=O)C(F)(F)F. The van der Waals surface area contributed by atoms with Crippen LogP contribution in [0.5, 0.6) is 5.75 Å². The van der Waals surface area contributed by atoms with Gasteiger partial charge in [0.2, 0.25) is 5.43 Å². The first-order valence-corrected chi connectivity index (χ1v) is 12.4. The molecule has 6 nitrogen and oxygen atoms in total. The van der Waals surface area contributed by atoms with Crippen molar-refractivity contribution in [1.82, 2.24) is 9.58 Å². The number of aromatic hydroxyl groups is 1. The molecule has 2 atom stereocenters. The number of nitrogens with zero attached hydrogens (tertiary/aromatic N) is 3. The average Bonchev–Trinajstić information content (AvgIpc) is 2.97. The quantitative estimate of drug-likeness (QED) is 0.473. The van der Waals surface area contributed by atoms with Crippen molar-refractivity contribution in [2.24, 2.45) is 0 Å². The van der Waals surface area contributed by atoms with Crippen LogP contribution < -0.4 is 10.4 Å². The molecule has 35 heavy (non-hydrogen) atoms. The molecule has 182 valence electrons. The summed E-state index contributed by atoms with van der Waals surface area (Å²) in [5.41, 5.74) is 1.34. The van der Waals surface area contributed by atoms with Crippen LogP contribution in [-0.4, -0.2) is 39.5 Å². The molecule has 2 aliphatic heterocycles. The fraction of sp³-hybridized carbons (Fsp3) is 0.250. The van der Waals surface area contributed by atoms with Gasteiger partial charge < -0.3 is 10.0 Å². The Morgan fingerprint density at radius 2 is 1.86 bits per heavy atom. The first-order chi connectivity index (χ1) is 16.6. The minimum atomic E-state index is -4.70. The van der Waals surface area contributed by atoms with Crippen LogP contribution in [0.4, 0.5) is 13.2 Å². The zero-order valence-corrected chi connectivity index (χ0v) is 20.7. The third-order valence-electron chi connectivity index (χ3n) is 6.33. The third-order valence-corrected chi connectivity index (χ3v) is 7.96. The van der Waals surface area contributed by atoms with Crippen LogP contribution in [0.15, 0.2) is 68.9 Å². The maximum atomic E-state index is 13.8. The molecule has 0 saturated heterocycles. The van der Waals surface area contributed by atoms with Gasteiger partial charge in [0.1, 0.15) is 12.7 Å². The van der Waals surface area contributed by atoms with Crippen molar-refractivity contribution in [3.8, 4) is 5.75 Å². The monoisotopic (exact) mass is 565 g/mol. The Balaban J connectivity index is 1.78. The van der Waals surface area contributed by atoms with Gasteiger partial charge in [0.15, 0.2) is 11.4 Å². The number of carbonyl (C=O) groups is 1. The van der Waals surface area contributed by atoms with Gasteiger partial charge >= 0.3 is 6.18 Å². The molecule has 5 rings (SSSR count). The molecular weight excluding hydrogens is 547 g/mol. The van der Waals surface area contributed by atoms with Crippen molar-refractivity contribution < 1.29 is 23.1 Å². The van der Waals surface area contributed by atoms with E-state index < -0.39 is 47.7 Å². The van der Waals surface area contributed by atoms with E-state index in [4.69, 9.17) is 0 Å². The first-order valence-electron chi connectivity index (χ1n) is 10.7. The van der Waals surface area contributed by atoms with Gasteiger partial charge in [0.05, 0.1) is 6.04 Å². The number of thioether (sulfide) groups is 1. The van der Waals surface area contributed by atoms with Crippen LogP contribution in [0, 0.1) is 0 Å². The zero-order valence-electron chi connectivity index (χ0n) is 18.3. The number of hydrogen-bond donors (Lipinski definition) is 1. The van der Waals surface area contributed by atoms with Crippen molar-refractivity contribution in [1.29, 1.82) is 0 Å². The lowest BCUT2D eigenvalue weighted by Crippen LogP contribution is -2.60. The lowest BCUT2D eigenvalue weighted by molar-refractivity contribution is -0.173. The van der Waals surface area contributed by atoms with Crippen molar-refractivity contribution in [3.63, 3.8) is 0 Å². The molecule has 0 fully saturated rings. The Labute approximate surface area is 211 Å². The molecule has 0 spiro atoms. The highest BCUT2D eigenvalue weighted by atomic mass is 79.9. The van der Waals surface area contributed by atoms with Gasteiger partial charge in [-0.1, -0.05) is 40.2 Å². The Morgan fingerprint density at radius 1 is 1.11 bits per heavy atom. The Bertz CT molecular complexity index is 1390. The summed E-state index contributed by atoms with van der Waals surface area (Å²) >= 11 is 5.11. The molecule has 1 aromatic heterocycles. The van der Waals surface area contributed by atoms with E-state index in [2.05, 4.69) is 15.9 Å². The molecule has 1 N–H and O–H groups in total. The number of amides is 1. The van der Waals surface area contributed by atoms with Gasteiger partial charge in [-0.3, -0.25) is 19.3 Å². The number of hydrogen-bond acceptors (Lipinski definition) is 5. The molecule has 0 saturated carbocycles. The van der Waals surface area contributed by atoms with Crippen LogP contribution in [-0.2, 0) is 5.75 Å². The minimum Gasteiger partial charge on any atom is -0.502 e. The summed E-state index contributed by atoms with van der Waals surface area (Å²) in [4.78, 5) is 27.0. The summed E-state index contributed by atoms with van der Waals surface area (Å²) in [5, 5.41) is 12.1. The summed E-state index contributed by atoms with van der Waals surface area (Å²) in [6.45, 7) is 0.486. The maximum absolute atomic E-state index is 13.8. The average molecular weight is 566 g/mol. The molecule has 3 heterocycles. The van der Waals surface area contributed by atoms with Crippen LogP contribution in [0.3, 0.4) is 0 Å². The molecule has 2 aromatic carbocycles. The summed E-state index contributed by atoms with van der Waals surface area (Å²) < 4.78 is 43.5. The van der Waals surface area contributed by atoms with E-state index in [9.17, 15) is 27.9 Å². The van der Waals surface area contributed by atoms with Gasteiger partial charge in [0.25, 0.3) is 5.91 Å². The predicted octanol–water partition coefficient (Wildman–Crippen LogP) is 5.01. The Morgan fingerprint density at radius 3 is 2.60 bits per heavy atom. The second-order valence-corrected chi connectivity index (χ2v) is 10.3. The highest BCUT2D eigenvalue weighted by molar-refractivity contribution is 9.10. The van der Waals surface area contributed by atoms with E-state index in [1.165, 1.54) is 10.9 Å². The number of alkyl halides is 3. The molecule has 0 radical (unpaired) electrons. The second-order valence-electron chi connectivity index (χ2n) is 8.37. The van der Waals surface area contributed by atoms with E-state index in [1.54, 1.807) is 16.8 Å². The summed E-state index contributed by atoms with van der Waals surface area (Å²) in [6, 6.07) is 11.7. The number of fused-ring (bicyclic) bond motifs is 3. The van der Waals surface area contributed by atoms with Crippen LogP contribution >= 0.6 is 27.7 Å². The molecular formula is C24H19BrF3N3O3S. The Hall–Kier alpha value is -2.92. The molecule has 11 heteroatoms. The van der Waals surface area contributed by atoms with E-state index in [-0.39, 0.29) is 0 Å². The standard InChI is InChI=1S/C24H19BrF3N3O3S/c1-13(24(26,27)28)29-12-31(30-9-8-18(32)22(33)21(30)23(29)34)20-16-7-6-15(25)10-14(16)11-35-19-5-3-2-4-17(19)20/h2-10,13,20,33H,11-12H2,1H3/t13?,20-/m1/s1. The van der Waals surface area contributed by atoms with E-state index in [1.807, 2.05) is 42.5 Å². The molecule has 1 amide bonds. The van der Waals surface area contributed by atoms with Gasteiger partial charge in [-0.25, -0.2) is 0 Å². The minimum absolute atomic E-state index is 0.409. The molecule has 2 aliphatic rings. The van der Waals surface area contributed by atoms with Gasteiger partial charge in [-0.2, -0.15) is 13.2 Å². The lowest BCUT2D eigenvalue weighted by atomic mass is 9.94. The van der Waals surface area contributed by atoms with Crippen LogP contribution in [0.1, 0.15) is 40.1 Å². The zero-order chi connectivity index (χ0) is 25.1. The molecule has 0 bridgehead atoms. The smallest absolute Gasteiger partial charge is 0.408 e. The van der Waals surface area contributed by atoms with Crippen LogP contribution in [0.25, 0.3) is 0 Å². The molecule has 1 unspecified atom stereocenters. The highest BCUT2D eigenvalue weighted by Gasteiger charge is 2.47. The number of halogens is 4. The van der Waals surface area contributed by atoms with Crippen molar-refractivity contribution in [2.45, 2.75) is 35.8 Å². The van der Waals surface area contributed by atoms with Gasteiger partial charge in [0, 0.05) is 27.4 Å². The number of aromatic nitrogens is 1. The number of rotatable bonds is 2. The number of benzene rings is 2. The third kappa shape index (κ3) is 4.00. The van der Waals surface area contributed by atoms with Gasteiger partial charge in [-0.15, -0.1) is 11.8 Å². The largest absolute Gasteiger partial charge is 0.502 e. The van der Waals surface area contributed by atoms with E-state index in [0.29, 0.717) is 10.7 Å². The predicted molar refractivity (Wildman–Crippen MR) is 129 cm³/mol. The molecule has 3 aromatic rings. The summed E-state index contributed by atoms with van der Waals surface area (Å²) in [5.74, 6) is -1.30. The first kappa shape index (κ1) is 23.8. The van der Waals surface area contributed by atoms with Crippen molar-refractivity contribution in [2.75, 3.05) is 11.7 Å². The fourth-order valence-electron chi connectivity index (χ4n) is 4.48. The summed E-state index contributed by atoms with van der Waals surface area (Å²) in [7, 11) is 0. The second kappa shape index (κ2) is 8.63. The Kier molecular flexibility index (Phi) is 5.87. The van der Waals surface area contributed by atoms with Gasteiger partial charge in [-0.05, 0) is 41.8 Å². The van der Waals surface area contributed by atoms with Crippen molar-refractivity contribution in [3.05, 3.63) is 91.8 Å². The van der Waals surface area contributed by atoms with E-state index >= 15 is 0 Å². The summed E-state index contributed by atoms with van der Waals surface area (Å²) in [6.07, 6.45) is -3.38. The molecule has 0 aliphatic carbocycles. The lowest BCUT2D eigenvalue weighted by Gasteiger charge is -2.46. The maximum Gasteiger partial charge on any atom is 0.408 e. The number of pyridine rings is 1. The van der Waals surface area contributed by atoms with Crippen LogP contribution in [0.2, 0.25) is 0 Å². The number of carbonyl (C=O) groups excluding carboxylic acids is 1. The fourth-order valence-corrected chi connectivity index (χ4v) is 5.97. The van der Waals surface area contributed by atoms with Crippen molar-refractivity contribution >= 4 is 33.6 Å². The highest BCUT2D eigenvalue weighted by Crippen LogP contribution is 2.44. The normalized spacial score (nSPS) is 18.4. The van der Waals surface area contributed by atoms with E-state index in [0.717, 1.165) is 39.0 Å².